The molecule has 4 aromatic rings. The van der Waals surface area contributed by atoms with E-state index in [-0.39, 0.29) is 9.49 Å². The van der Waals surface area contributed by atoms with Gasteiger partial charge in [0.05, 0.1) is 9.49 Å². The molecule has 0 N–H and O–H groups in total. The Bertz CT molecular complexity index is 1390. The second kappa shape index (κ2) is 6.07. The van der Waals surface area contributed by atoms with E-state index in [4.69, 9.17) is 0 Å². The zero-order valence-electron chi connectivity index (χ0n) is 17.2. The van der Waals surface area contributed by atoms with Crippen LogP contribution in [0.15, 0.2) is 81.7 Å². The molecule has 7 rings (SSSR count). The number of thioether (sulfide) groups is 1. The molecule has 4 aromatic carbocycles. The molecule has 0 aromatic heterocycles. The third kappa shape index (κ3) is 2.10. The second-order valence-corrected chi connectivity index (χ2v) is 12.5. The first-order chi connectivity index (χ1) is 15.0. The van der Waals surface area contributed by atoms with Gasteiger partial charge in [-0.1, -0.05) is 94.2 Å². The minimum atomic E-state index is -0.0335. The third-order valence-corrected chi connectivity index (χ3v) is 11.1. The monoisotopic (exact) mass is 546 g/mol. The van der Waals surface area contributed by atoms with Crippen molar-refractivity contribution in [3.8, 4) is 11.1 Å². The summed E-state index contributed by atoms with van der Waals surface area (Å²) in [5.74, 6) is 1.09. The van der Waals surface area contributed by atoms with Crippen LogP contribution in [0.3, 0.4) is 0 Å². The highest BCUT2D eigenvalue weighted by molar-refractivity contribution is 9.10. The first-order valence-electron chi connectivity index (χ1n) is 10.8. The lowest BCUT2D eigenvalue weighted by atomic mass is 9.75. The van der Waals surface area contributed by atoms with E-state index in [0.717, 1.165) is 8.95 Å². The van der Waals surface area contributed by atoms with Crippen molar-refractivity contribution in [1.29, 1.82) is 0 Å². The number of hydrogen-bond acceptors (Lipinski definition) is 1. The summed E-state index contributed by atoms with van der Waals surface area (Å²) in [5.41, 5.74) is 8.84. The van der Waals surface area contributed by atoms with E-state index in [9.17, 15) is 0 Å². The van der Waals surface area contributed by atoms with Crippen molar-refractivity contribution in [3.63, 3.8) is 0 Å². The molecule has 0 saturated carbocycles. The zero-order chi connectivity index (χ0) is 21.1. The van der Waals surface area contributed by atoms with Crippen molar-refractivity contribution in [2.45, 2.75) is 29.3 Å². The Labute approximate surface area is 203 Å². The van der Waals surface area contributed by atoms with Gasteiger partial charge in [-0.25, -0.2) is 0 Å². The Kier molecular flexibility index (Phi) is 3.71. The van der Waals surface area contributed by atoms with Crippen LogP contribution in [0.25, 0.3) is 21.9 Å². The maximum absolute atomic E-state index is 3.78. The SMILES string of the molecule is C[C@@H]1c2ccc3ccccc3c2C2(SC23c2cc(Br)ccc2-c2ccc(Br)cc23)[C@H]1C. The third-order valence-electron chi connectivity index (χ3n) is 8.02. The van der Waals surface area contributed by atoms with Gasteiger partial charge in [0.1, 0.15) is 0 Å². The van der Waals surface area contributed by atoms with Gasteiger partial charge in [0.2, 0.25) is 0 Å². The van der Waals surface area contributed by atoms with E-state index < -0.39 is 0 Å². The first kappa shape index (κ1) is 19.0. The molecule has 3 aliphatic rings. The number of rotatable bonds is 0. The molecule has 1 saturated heterocycles. The summed E-state index contributed by atoms with van der Waals surface area (Å²) in [4.78, 5) is 0. The van der Waals surface area contributed by atoms with Crippen LogP contribution in [0.2, 0.25) is 0 Å². The van der Waals surface area contributed by atoms with Crippen LogP contribution >= 0.6 is 43.6 Å². The molecule has 2 spiro atoms. The molecule has 0 bridgehead atoms. The van der Waals surface area contributed by atoms with Crippen LogP contribution < -0.4 is 0 Å². The average Bonchev–Trinajstić information content (AvgIpc) is 3.35. The van der Waals surface area contributed by atoms with Gasteiger partial charge in [-0.05, 0) is 80.3 Å². The second-order valence-electron chi connectivity index (χ2n) is 9.23. The Morgan fingerprint density at radius 2 is 1.42 bits per heavy atom. The number of halogens is 2. The molecular weight excluding hydrogens is 528 g/mol. The molecule has 152 valence electrons. The summed E-state index contributed by atoms with van der Waals surface area (Å²) < 4.78 is 2.35. The normalized spacial score (nSPS) is 26.3. The molecule has 1 unspecified atom stereocenters. The summed E-state index contributed by atoms with van der Waals surface area (Å²) in [7, 11) is 0. The molecule has 31 heavy (non-hydrogen) atoms. The lowest BCUT2D eigenvalue weighted by Gasteiger charge is -2.25. The van der Waals surface area contributed by atoms with Crippen LogP contribution in [-0.2, 0) is 9.49 Å². The summed E-state index contributed by atoms with van der Waals surface area (Å²) >= 11 is 9.75. The largest absolute Gasteiger partial charge is 0.129 e. The predicted molar refractivity (Wildman–Crippen MR) is 139 cm³/mol. The molecule has 0 nitrogen and oxygen atoms in total. The van der Waals surface area contributed by atoms with Crippen molar-refractivity contribution in [3.05, 3.63) is 104 Å². The van der Waals surface area contributed by atoms with E-state index in [1.807, 2.05) is 0 Å². The maximum atomic E-state index is 3.78. The van der Waals surface area contributed by atoms with Gasteiger partial charge in [-0.2, -0.15) is 0 Å². The average molecular weight is 548 g/mol. The van der Waals surface area contributed by atoms with Crippen LogP contribution in [0.4, 0.5) is 0 Å². The van der Waals surface area contributed by atoms with Gasteiger partial charge in [0, 0.05) is 8.95 Å². The van der Waals surface area contributed by atoms with Gasteiger partial charge in [-0.3, -0.25) is 0 Å². The highest BCUT2D eigenvalue weighted by Gasteiger charge is 2.79. The summed E-state index contributed by atoms with van der Waals surface area (Å²) in [6.07, 6.45) is 0. The Hall–Kier alpha value is -1.55. The van der Waals surface area contributed by atoms with Crippen molar-refractivity contribution in [2.24, 2.45) is 5.92 Å². The highest BCUT2D eigenvalue weighted by Crippen LogP contribution is 2.88. The Morgan fingerprint density at radius 3 is 2.10 bits per heavy atom. The highest BCUT2D eigenvalue weighted by atomic mass is 79.9. The molecule has 1 fully saturated rings. The van der Waals surface area contributed by atoms with Gasteiger partial charge in [-0.15, -0.1) is 11.8 Å². The molecule has 0 amide bonds. The molecule has 2 aliphatic carbocycles. The molecule has 3 heteroatoms. The minimum Gasteiger partial charge on any atom is -0.129 e. The van der Waals surface area contributed by atoms with Crippen molar-refractivity contribution in [2.75, 3.05) is 0 Å². The number of hydrogen-bond donors (Lipinski definition) is 0. The fourth-order valence-corrected chi connectivity index (χ4v) is 9.47. The molecule has 0 radical (unpaired) electrons. The molecule has 3 atom stereocenters. The smallest absolute Gasteiger partial charge is 0.0870 e. The zero-order valence-corrected chi connectivity index (χ0v) is 21.2. The van der Waals surface area contributed by atoms with E-state index in [1.54, 1.807) is 5.56 Å². The van der Waals surface area contributed by atoms with Gasteiger partial charge < -0.3 is 0 Å². The fourth-order valence-electron chi connectivity index (χ4n) is 6.53. The maximum Gasteiger partial charge on any atom is 0.0870 e. The lowest BCUT2D eigenvalue weighted by molar-refractivity contribution is 0.409. The molecule has 1 aliphatic heterocycles. The van der Waals surface area contributed by atoms with E-state index in [1.165, 1.54) is 38.6 Å². The summed E-state index contributed by atoms with van der Waals surface area (Å²) in [5, 5.41) is 2.78. The molecule has 1 heterocycles. The lowest BCUT2D eigenvalue weighted by Crippen LogP contribution is -2.26. The summed E-state index contributed by atoms with van der Waals surface area (Å²) in [6, 6.07) is 27.4. The Morgan fingerprint density at radius 1 is 0.774 bits per heavy atom. The number of fused-ring (bicyclic) bond motifs is 10. The van der Waals surface area contributed by atoms with Crippen molar-refractivity contribution >= 4 is 54.4 Å². The topological polar surface area (TPSA) is 0 Å². The van der Waals surface area contributed by atoms with E-state index in [2.05, 4.69) is 130 Å². The summed E-state index contributed by atoms with van der Waals surface area (Å²) in [6.45, 7) is 4.91. The van der Waals surface area contributed by atoms with Crippen molar-refractivity contribution in [1.82, 2.24) is 0 Å². The van der Waals surface area contributed by atoms with Crippen LogP contribution in [0.1, 0.15) is 42.0 Å². The fraction of sp³-hybridized carbons (Fsp3) is 0.214. The number of benzene rings is 4. The van der Waals surface area contributed by atoms with Gasteiger partial charge in [0.25, 0.3) is 0 Å². The first-order valence-corrected chi connectivity index (χ1v) is 13.2. The quantitative estimate of drug-likeness (QED) is 0.198. The van der Waals surface area contributed by atoms with Gasteiger partial charge in [0.15, 0.2) is 0 Å². The predicted octanol–water partition coefficient (Wildman–Crippen LogP) is 8.98. The molecular formula is C28H20Br2S. The van der Waals surface area contributed by atoms with E-state index >= 15 is 0 Å². The Balaban J connectivity index is 1.61. The standard InChI is InChI=1S/C28H20Br2S/c1-15-16(2)27(26-20(15)10-7-17-5-3-4-6-21(17)26)28(31-27)24-13-18(29)8-11-22(24)23-12-9-19(30)14-25(23)28/h3-16H,1-2H3/t15-,16-,27?/m0/s1. The van der Waals surface area contributed by atoms with Gasteiger partial charge >= 0.3 is 0 Å². The minimum absolute atomic E-state index is 0.0335. The van der Waals surface area contributed by atoms with Crippen LogP contribution in [-0.4, -0.2) is 0 Å². The van der Waals surface area contributed by atoms with Crippen LogP contribution in [0, 0.1) is 5.92 Å². The van der Waals surface area contributed by atoms with E-state index in [0.29, 0.717) is 11.8 Å². The van der Waals surface area contributed by atoms with Crippen molar-refractivity contribution < 1.29 is 0 Å². The van der Waals surface area contributed by atoms with Crippen LogP contribution in [0.5, 0.6) is 0 Å².